The van der Waals surface area contributed by atoms with Crippen LogP contribution in [-0.2, 0) is 0 Å². The summed E-state index contributed by atoms with van der Waals surface area (Å²) in [5.41, 5.74) is 7.73. The molecule has 0 aliphatic rings. The number of hydrazone groups is 1. The van der Waals surface area contributed by atoms with Crippen molar-refractivity contribution < 1.29 is 0 Å². The molecule has 4 N–H and O–H groups in total. The Morgan fingerprint density at radius 1 is 1.46 bits per heavy atom. The highest BCUT2D eigenvalue weighted by molar-refractivity contribution is 5.97. The molecular weight excluding hydrogens is 164 g/mol. The summed E-state index contributed by atoms with van der Waals surface area (Å²) in [5.74, 6) is 5.76. The number of nitrogens with zero attached hydrogens (tertiary/aromatic N) is 2. The Bertz CT molecular complexity index is 317. The van der Waals surface area contributed by atoms with E-state index in [9.17, 15) is 0 Å². The summed E-state index contributed by atoms with van der Waals surface area (Å²) in [6.07, 6.45) is 0. The molecule has 1 rings (SSSR count). The zero-order chi connectivity index (χ0) is 9.84. The number of benzene rings is 1. The van der Waals surface area contributed by atoms with Gasteiger partial charge in [0.25, 0.3) is 0 Å². The van der Waals surface area contributed by atoms with Crippen molar-refractivity contribution in [3.05, 3.63) is 35.4 Å². The average Bonchev–Trinajstić information content (AvgIpc) is 2.03. The molecule has 1 aromatic rings. The summed E-state index contributed by atoms with van der Waals surface area (Å²) < 4.78 is 0. The zero-order valence-corrected chi connectivity index (χ0v) is 7.86. The van der Waals surface area contributed by atoms with Gasteiger partial charge in [-0.2, -0.15) is 0 Å². The second-order valence-corrected chi connectivity index (χ2v) is 2.93. The predicted molar refractivity (Wildman–Crippen MR) is 53.9 cm³/mol. The molecule has 0 spiro atoms. The third-order valence-corrected chi connectivity index (χ3v) is 1.58. The highest BCUT2D eigenvalue weighted by Gasteiger charge is 1.98. The summed E-state index contributed by atoms with van der Waals surface area (Å²) >= 11 is 0. The lowest BCUT2D eigenvalue weighted by molar-refractivity contribution is 0.371. The van der Waals surface area contributed by atoms with Gasteiger partial charge < -0.3 is 5.73 Å². The lowest BCUT2D eigenvalue weighted by Gasteiger charge is -2.06. The fraction of sp³-hybridized carbons (Fsp3) is 0.222. The fourth-order valence-corrected chi connectivity index (χ4v) is 1.03. The Hall–Kier alpha value is -1.55. The van der Waals surface area contributed by atoms with Crippen molar-refractivity contribution in [3.8, 4) is 0 Å². The van der Waals surface area contributed by atoms with E-state index in [0.29, 0.717) is 5.84 Å². The molecule has 0 saturated heterocycles. The molecule has 0 aliphatic carbocycles. The van der Waals surface area contributed by atoms with Gasteiger partial charge in [-0.15, -0.1) is 5.10 Å². The highest BCUT2D eigenvalue weighted by atomic mass is 15.6. The first-order valence-electron chi connectivity index (χ1n) is 3.99. The number of nitrogens with two attached hydrogens (primary N) is 2. The largest absolute Gasteiger partial charge is 0.382 e. The van der Waals surface area contributed by atoms with Crippen molar-refractivity contribution in [2.75, 3.05) is 7.05 Å². The minimum absolute atomic E-state index is 0.425. The Balaban J connectivity index is 2.95. The summed E-state index contributed by atoms with van der Waals surface area (Å²) in [7, 11) is 1.63. The van der Waals surface area contributed by atoms with Crippen LogP contribution >= 0.6 is 0 Å². The Morgan fingerprint density at radius 2 is 2.15 bits per heavy atom. The number of aryl methyl sites for hydroxylation is 1. The molecule has 4 nitrogen and oxygen atoms in total. The van der Waals surface area contributed by atoms with Gasteiger partial charge in [0.2, 0.25) is 0 Å². The second-order valence-electron chi connectivity index (χ2n) is 2.93. The van der Waals surface area contributed by atoms with Gasteiger partial charge in [-0.25, -0.2) is 11.0 Å². The van der Waals surface area contributed by atoms with E-state index in [2.05, 4.69) is 5.10 Å². The molecule has 0 atom stereocenters. The number of amidine groups is 1. The molecule has 0 bridgehead atoms. The van der Waals surface area contributed by atoms with Crippen LogP contribution in [0, 0.1) is 6.92 Å². The van der Waals surface area contributed by atoms with E-state index in [1.54, 1.807) is 7.05 Å². The van der Waals surface area contributed by atoms with Crippen LogP contribution in [0.4, 0.5) is 0 Å². The SMILES string of the molecule is Cc1cccc(/C(N)=N/N(C)N)c1. The van der Waals surface area contributed by atoms with Crippen LogP contribution in [0.15, 0.2) is 29.4 Å². The minimum atomic E-state index is 0.425. The zero-order valence-electron chi connectivity index (χ0n) is 7.86. The number of hydrazine groups is 1. The highest BCUT2D eigenvalue weighted by Crippen LogP contribution is 2.03. The molecule has 0 aromatic heterocycles. The molecule has 13 heavy (non-hydrogen) atoms. The quantitative estimate of drug-likeness (QED) is 0.298. The van der Waals surface area contributed by atoms with Gasteiger partial charge in [-0.05, 0) is 13.0 Å². The third kappa shape index (κ3) is 2.76. The van der Waals surface area contributed by atoms with E-state index in [1.807, 2.05) is 31.2 Å². The average molecular weight is 178 g/mol. The van der Waals surface area contributed by atoms with Crippen LogP contribution in [0.5, 0.6) is 0 Å². The predicted octanol–water partition coefficient (Wildman–Crippen LogP) is 0.421. The van der Waals surface area contributed by atoms with Crippen LogP contribution in [0.2, 0.25) is 0 Å². The lowest BCUT2D eigenvalue weighted by Crippen LogP contribution is -2.25. The van der Waals surface area contributed by atoms with E-state index < -0.39 is 0 Å². The molecule has 0 heterocycles. The van der Waals surface area contributed by atoms with Crippen LogP contribution < -0.4 is 11.6 Å². The van der Waals surface area contributed by atoms with E-state index in [1.165, 1.54) is 5.12 Å². The normalized spacial score (nSPS) is 11.5. The minimum Gasteiger partial charge on any atom is -0.382 e. The van der Waals surface area contributed by atoms with Gasteiger partial charge in [-0.3, -0.25) is 0 Å². The first-order chi connectivity index (χ1) is 6.09. The van der Waals surface area contributed by atoms with Crippen LogP contribution in [0.25, 0.3) is 0 Å². The summed E-state index contributed by atoms with van der Waals surface area (Å²) in [5, 5.41) is 5.09. The van der Waals surface area contributed by atoms with Crippen molar-refractivity contribution in [1.29, 1.82) is 0 Å². The standard InChI is InChI=1S/C9H14N4/c1-7-4-3-5-8(6-7)9(10)12-13(2)11/h3-6H,11H2,1-2H3,(H2,10,12). The molecule has 0 saturated carbocycles. The van der Waals surface area contributed by atoms with Gasteiger partial charge in [0.15, 0.2) is 5.84 Å². The molecule has 0 aliphatic heterocycles. The summed E-state index contributed by atoms with van der Waals surface area (Å²) in [6, 6.07) is 7.80. The number of rotatable bonds is 2. The van der Waals surface area contributed by atoms with Crippen molar-refractivity contribution >= 4 is 5.84 Å². The molecule has 0 fully saturated rings. The van der Waals surface area contributed by atoms with Gasteiger partial charge in [0.1, 0.15) is 0 Å². The van der Waals surface area contributed by atoms with Crippen molar-refractivity contribution in [2.45, 2.75) is 6.92 Å². The van der Waals surface area contributed by atoms with Crippen molar-refractivity contribution in [2.24, 2.45) is 16.7 Å². The maximum absolute atomic E-state index is 5.69. The monoisotopic (exact) mass is 178 g/mol. The molecule has 70 valence electrons. The van der Waals surface area contributed by atoms with Crippen LogP contribution in [0.3, 0.4) is 0 Å². The summed E-state index contributed by atoms with van der Waals surface area (Å²) in [6.45, 7) is 2.00. The Kier molecular flexibility index (Phi) is 2.87. The Labute approximate surface area is 77.8 Å². The van der Waals surface area contributed by atoms with E-state index in [-0.39, 0.29) is 0 Å². The van der Waals surface area contributed by atoms with Gasteiger partial charge in [0, 0.05) is 12.6 Å². The second kappa shape index (κ2) is 3.91. The first kappa shape index (κ1) is 9.54. The lowest BCUT2D eigenvalue weighted by atomic mass is 10.1. The van der Waals surface area contributed by atoms with Gasteiger partial charge in [-0.1, -0.05) is 23.8 Å². The summed E-state index contributed by atoms with van der Waals surface area (Å²) in [4.78, 5) is 0. The maximum atomic E-state index is 5.69. The smallest absolute Gasteiger partial charge is 0.152 e. The molecule has 0 amide bonds. The van der Waals surface area contributed by atoms with Crippen molar-refractivity contribution in [1.82, 2.24) is 5.12 Å². The molecular formula is C9H14N4. The Morgan fingerprint density at radius 3 is 2.69 bits per heavy atom. The molecule has 0 unspecified atom stereocenters. The molecule has 4 heteroatoms. The van der Waals surface area contributed by atoms with Gasteiger partial charge in [0.05, 0.1) is 0 Å². The van der Waals surface area contributed by atoms with E-state index in [4.69, 9.17) is 11.6 Å². The number of hydrogen-bond acceptors (Lipinski definition) is 3. The van der Waals surface area contributed by atoms with Crippen molar-refractivity contribution in [3.63, 3.8) is 0 Å². The number of hydrogen-bond donors (Lipinski definition) is 2. The first-order valence-corrected chi connectivity index (χ1v) is 3.99. The maximum Gasteiger partial charge on any atom is 0.152 e. The van der Waals surface area contributed by atoms with Crippen LogP contribution in [-0.4, -0.2) is 18.0 Å². The fourth-order valence-electron chi connectivity index (χ4n) is 1.03. The van der Waals surface area contributed by atoms with Gasteiger partial charge >= 0.3 is 0 Å². The molecule has 1 aromatic carbocycles. The van der Waals surface area contributed by atoms with Crippen LogP contribution in [0.1, 0.15) is 11.1 Å². The topological polar surface area (TPSA) is 67.6 Å². The van der Waals surface area contributed by atoms with E-state index in [0.717, 1.165) is 11.1 Å². The molecule has 0 radical (unpaired) electrons. The third-order valence-electron chi connectivity index (χ3n) is 1.58. The van der Waals surface area contributed by atoms with E-state index >= 15 is 0 Å².